The standard InChI is InChI=1S/C12H21N3S/c1-9-8-16-12(15-9)7-14-6-10-2-4-11(13)5-3-10/h8,10-11,14H,2-7,13H2,1H3. The lowest BCUT2D eigenvalue weighted by Crippen LogP contribution is -2.31. The van der Waals surface area contributed by atoms with Crippen LogP contribution in [0.5, 0.6) is 0 Å². The fraction of sp³-hybridized carbons (Fsp3) is 0.750. The quantitative estimate of drug-likeness (QED) is 0.845. The Morgan fingerprint density at radius 2 is 2.19 bits per heavy atom. The molecule has 3 N–H and O–H groups in total. The van der Waals surface area contributed by atoms with Crippen LogP contribution in [0.25, 0.3) is 0 Å². The number of hydrogen-bond donors (Lipinski definition) is 2. The molecule has 16 heavy (non-hydrogen) atoms. The van der Waals surface area contributed by atoms with Gasteiger partial charge in [0.15, 0.2) is 0 Å². The van der Waals surface area contributed by atoms with Gasteiger partial charge in [0, 0.05) is 23.7 Å². The van der Waals surface area contributed by atoms with Gasteiger partial charge in [0.2, 0.25) is 0 Å². The molecule has 0 spiro atoms. The first kappa shape index (κ1) is 12.0. The fourth-order valence-electron chi connectivity index (χ4n) is 2.26. The Labute approximate surface area is 101 Å². The minimum absolute atomic E-state index is 0.456. The summed E-state index contributed by atoms with van der Waals surface area (Å²) in [6.45, 7) is 4.08. The van der Waals surface area contributed by atoms with Gasteiger partial charge in [0.1, 0.15) is 5.01 Å². The molecule has 0 aliphatic heterocycles. The number of thiazole rings is 1. The third-order valence-electron chi connectivity index (χ3n) is 3.27. The Bertz CT molecular complexity index is 316. The maximum Gasteiger partial charge on any atom is 0.107 e. The largest absolute Gasteiger partial charge is 0.328 e. The predicted octanol–water partition coefficient (Wildman–Crippen LogP) is 2.06. The number of aromatic nitrogens is 1. The number of hydrogen-bond acceptors (Lipinski definition) is 4. The van der Waals surface area contributed by atoms with Crippen molar-refractivity contribution in [1.82, 2.24) is 10.3 Å². The highest BCUT2D eigenvalue weighted by Crippen LogP contribution is 2.22. The molecule has 1 aromatic heterocycles. The van der Waals surface area contributed by atoms with Crippen molar-refractivity contribution >= 4 is 11.3 Å². The van der Waals surface area contributed by atoms with E-state index in [4.69, 9.17) is 5.73 Å². The lowest BCUT2D eigenvalue weighted by Gasteiger charge is -2.26. The van der Waals surface area contributed by atoms with Crippen molar-refractivity contribution in [3.63, 3.8) is 0 Å². The van der Waals surface area contributed by atoms with Crippen LogP contribution in [-0.4, -0.2) is 17.6 Å². The SMILES string of the molecule is Cc1csc(CNCC2CCC(N)CC2)n1. The third kappa shape index (κ3) is 3.54. The Balaban J connectivity index is 1.64. The summed E-state index contributed by atoms with van der Waals surface area (Å²) >= 11 is 1.74. The molecular formula is C12H21N3S. The summed E-state index contributed by atoms with van der Waals surface area (Å²) < 4.78 is 0. The molecule has 1 aliphatic rings. The summed E-state index contributed by atoms with van der Waals surface area (Å²) in [5.74, 6) is 0.820. The highest BCUT2D eigenvalue weighted by Gasteiger charge is 2.17. The zero-order valence-corrected chi connectivity index (χ0v) is 10.7. The second-order valence-electron chi connectivity index (χ2n) is 4.79. The number of nitrogens with two attached hydrogens (primary N) is 1. The average Bonchev–Trinajstić information content (AvgIpc) is 2.67. The summed E-state index contributed by atoms with van der Waals surface area (Å²) in [6.07, 6.45) is 4.96. The maximum atomic E-state index is 5.89. The van der Waals surface area contributed by atoms with E-state index < -0.39 is 0 Å². The van der Waals surface area contributed by atoms with E-state index in [1.54, 1.807) is 11.3 Å². The first-order chi connectivity index (χ1) is 7.74. The lowest BCUT2D eigenvalue weighted by molar-refractivity contribution is 0.314. The average molecular weight is 239 g/mol. The Kier molecular flexibility index (Phi) is 4.32. The number of nitrogens with zero attached hydrogens (tertiary/aromatic N) is 1. The van der Waals surface area contributed by atoms with E-state index >= 15 is 0 Å². The van der Waals surface area contributed by atoms with E-state index in [1.807, 2.05) is 6.92 Å². The van der Waals surface area contributed by atoms with Crippen LogP contribution in [0.15, 0.2) is 5.38 Å². The highest BCUT2D eigenvalue weighted by atomic mass is 32.1. The van der Waals surface area contributed by atoms with E-state index in [2.05, 4.69) is 15.7 Å². The van der Waals surface area contributed by atoms with Crippen LogP contribution in [-0.2, 0) is 6.54 Å². The zero-order valence-electron chi connectivity index (χ0n) is 9.91. The molecule has 0 amide bonds. The monoisotopic (exact) mass is 239 g/mol. The molecule has 3 nitrogen and oxygen atoms in total. The van der Waals surface area contributed by atoms with E-state index in [9.17, 15) is 0 Å². The van der Waals surface area contributed by atoms with Crippen molar-refractivity contribution in [2.75, 3.05) is 6.54 Å². The molecule has 1 aromatic rings. The summed E-state index contributed by atoms with van der Waals surface area (Å²) in [6, 6.07) is 0.456. The molecule has 4 heteroatoms. The zero-order chi connectivity index (χ0) is 11.4. The second kappa shape index (κ2) is 5.75. The number of rotatable bonds is 4. The molecule has 0 atom stereocenters. The van der Waals surface area contributed by atoms with Crippen molar-refractivity contribution in [3.05, 3.63) is 16.1 Å². The molecule has 0 radical (unpaired) electrons. The van der Waals surface area contributed by atoms with E-state index in [-0.39, 0.29) is 0 Å². The van der Waals surface area contributed by atoms with Crippen LogP contribution in [0.4, 0.5) is 0 Å². The molecular weight excluding hydrogens is 218 g/mol. The van der Waals surface area contributed by atoms with Gasteiger partial charge in [-0.25, -0.2) is 4.98 Å². The summed E-state index contributed by atoms with van der Waals surface area (Å²) in [5, 5.41) is 6.81. The first-order valence-electron chi connectivity index (χ1n) is 6.11. The third-order valence-corrected chi connectivity index (χ3v) is 4.23. The molecule has 1 saturated carbocycles. The molecule has 1 aliphatic carbocycles. The molecule has 0 saturated heterocycles. The van der Waals surface area contributed by atoms with Gasteiger partial charge < -0.3 is 11.1 Å². The van der Waals surface area contributed by atoms with Gasteiger partial charge in [-0.05, 0) is 45.1 Å². The Morgan fingerprint density at radius 1 is 1.44 bits per heavy atom. The van der Waals surface area contributed by atoms with E-state index in [0.717, 1.165) is 24.7 Å². The predicted molar refractivity (Wildman–Crippen MR) is 68.5 cm³/mol. The van der Waals surface area contributed by atoms with Crippen LogP contribution in [0.3, 0.4) is 0 Å². The fourth-order valence-corrected chi connectivity index (χ4v) is 3.00. The molecule has 1 heterocycles. The summed E-state index contributed by atoms with van der Waals surface area (Å²) in [4.78, 5) is 4.44. The van der Waals surface area contributed by atoms with Gasteiger partial charge in [-0.1, -0.05) is 0 Å². The molecule has 0 aromatic carbocycles. The summed E-state index contributed by atoms with van der Waals surface area (Å²) in [7, 11) is 0. The van der Waals surface area contributed by atoms with E-state index in [0.29, 0.717) is 6.04 Å². The molecule has 90 valence electrons. The topological polar surface area (TPSA) is 50.9 Å². The van der Waals surface area contributed by atoms with E-state index in [1.165, 1.54) is 30.7 Å². The van der Waals surface area contributed by atoms with Crippen molar-refractivity contribution in [3.8, 4) is 0 Å². The molecule has 2 rings (SSSR count). The second-order valence-corrected chi connectivity index (χ2v) is 5.74. The van der Waals surface area contributed by atoms with Crippen molar-refractivity contribution < 1.29 is 0 Å². The number of aryl methyl sites for hydroxylation is 1. The molecule has 0 unspecified atom stereocenters. The van der Waals surface area contributed by atoms with Crippen LogP contribution in [0.2, 0.25) is 0 Å². The van der Waals surface area contributed by atoms with Crippen molar-refractivity contribution in [2.45, 2.75) is 45.2 Å². The Hall–Kier alpha value is -0.450. The first-order valence-corrected chi connectivity index (χ1v) is 6.99. The van der Waals surface area contributed by atoms with Crippen LogP contribution in [0, 0.1) is 12.8 Å². The minimum Gasteiger partial charge on any atom is -0.328 e. The molecule has 1 fully saturated rings. The normalized spacial score (nSPS) is 25.9. The van der Waals surface area contributed by atoms with Gasteiger partial charge in [-0.2, -0.15) is 0 Å². The van der Waals surface area contributed by atoms with Crippen LogP contribution in [0.1, 0.15) is 36.4 Å². The summed E-state index contributed by atoms with van der Waals surface area (Å²) in [5.41, 5.74) is 7.02. The lowest BCUT2D eigenvalue weighted by atomic mass is 9.86. The van der Waals surface area contributed by atoms with Gasteiger partial charge in [-0.15, -0.1) is 11.3 Å². The van der Waals surface area contributed by atoms with Crippen LogP contribution < -0.4 is 11.1 Å². The van der Waals surface area contributed by atoms with Gasteiger partial charge in [0.25, 0.3) is 0 Å². The Morgan fingerprint density at radius 3 is 2.81 bits per heavy atom. The maximum absolute atomic E-state index is 5.89. The van der Waals surface area contributed by atoms with Gasteiger partial charge >= 0.3 is 0 Å². The van der Waals surface area contributed by atoms with Crippen LogP contribution >= 0.6 is 11.3 Å². The van der Waals surface area contributed by atoms with Gasteiger partial charge in [-0.3, -0.25) is 0 Å². The van der Waals surface area contributed by atoms with Crippen molar-refractivity contribution in [1.29, 1.82) is 0 Å². The number of nitrogens with one attached hydrogen (secondary N) is 1. The van der Waals surface area contributed by atoms with Crippen molar-refractivity contribution in [2.24, 2.45) is 11.7 Å². The smallest absolute Gasteiger partial charge is 0.107 e. The minimum atomic E-state index is 0.456. The van der Waals surface area contributed by atoms with Gasteiger partial charge in [0.05, 0.1) is 0 Å². The highest BCUT2D eigenvalue weighted by molar-refractivity contribution is 7.09. The molecule has 0 bridgehead atoms.